The largest absolute Gasteiger partial charge is 0.478 e. The van der Waals surface area contributed by atoms with Crippen LogP contribution in [0.1, 0.15) is 33.5 Å². The summed E-state index contributed by atoms with van der Waals surface area (Å²) in [6.45, 7) is 4.61. The molecule has 29 heavy (non-hydrogen) atoms. The SMILES string of the molecule is COCCCN1COc2cc(C)c3c(c2C1)O/C(=C\c1ccc(Cl)c(Cl)c1)C3=O. The first-order valence-electron chi connectivity index (χ1n) is 9.38. The van der Waals surface area contributed by atoms with E-state index in [1.807, 2.05) is 13.0 Å². The molecule has 0 radical (unpaired) electrons. The average molecular weight is 434 g/mol. The van der Waals surface area contributed by atoms with Crippen LogP contribution in [0.4, 0.5) is 0 Å². The number of halogens is 2. The number of nitrogens with zero attached hydrogens (tertiary/aromatic N) is 1. The third kappa shape index (κ3) is 4.01. The van der Waals surface area contributed by atoms with Gasteiger partial charge in [0.25, 0.3) is 0 Å². The van der Waals surface area contributed by atoms with Crippen molar-refractivity contribution in [1.82, 2.24) is 4.90 Å². The highest BCUT2D eigenvalue weighted by atomic mass is 35.5. The Morgan fingerprint density at radius 3 is 2.83 bits per heavy atom. The smallest absolute Gasteiger partial charge is 0.232 e. The second-order valence-electron chi connectivity index (χ2n) is 7.16. The van der Waals surface area contributed by atoms with Crippen LogP contribution < -0.4 is 9.47 Å². The number of hydrogen-bond donors (Lipinski definition) is 0. The van der Waals surface area contributed by atoms with Gasteiger partial charge in [-0.05, 0) is 48.7 Å². The molecule has 7 heteroatoms. The Morgan fingerprint density at radius 1 is 1.24 bits per heavy atom. The second kappa shape index (κ2) is 8.36. The summed E-state index contributed by atoms with van der Waals surface area (Å²) in [4.78, 5) is 15.2. The molecule has 0 saturated heterocycles. The number of hydrogen-bond acceptors (Lipinski definition) is 5. The van der Waals surface area contributed by atoms with Gasteiger partial charge in [-0.15, -0.1) is 0 Å². The monoisotopic (exact) mass is 433 g/mol. The number of fused-ring (bicyclic) bond motifs is 3. The maximum absolute atomic E-state index is 13.0. The van der Waals surface area contributed by atoms with E-state index in [2.05, 4.69) is 4.90 Å². The number of allylic oxidation sites excluding steroid dienone is 1. The lowest BCUT2D eigenvalue weighted by molar-refractivity contribution is 0.0822. The summed E-state index contributed by atoms with van der Waals surface area (Å²) in [6, 6.07) is 7.12. The number of methoxy groups -OCH3 is 1. The molecule has 0 N–H and O–H groups in total. The topological polar surface area (TPSA) is 48.0 Å². The first-order chi connectivity index (χ1) is 14.0. The molecule has 0 amide bonds. The van der Waals surface area contributed by atoms with E-state index in [9.17, 15) is 4.79 Å². The molecule has 2 aliphatic rings. The quantitative estimate of drug-likeness (QED) is 0.484. The molecule has 0 aromatic heterocycles. The number of rotatable bonds is 5. The van der Waals surface area contributed by atoms with E-state index in [1.165, 1.54) is 0 Å². The Balaban J connectivity index is 1.65. The fourth-order valence-electron chi connectivity index (χ4n) is 3.61. The van der Waals surface area contributed by atoms with E-state index >= 15 is 0 Å². The Morgan fingerprint density at radius 2 is 2.07 bits per heavy atom. The van der Waals surface area contributed by atoms with Gasteiger partial charge in [-0.2, -0.15) is 0 Å². The van der Waals surface area contributed by atoms with Gasteiger partial charge in [0, 0.05) is 26.8 Å². The highest BCUT2D eigenvalue weighted by Gasteiger charge is 2.35. The molecule has 0 unspecified atom stereocenters. The fraction of sp³-hybridized carbons (Fsp3) is 0.318. The van der Waals surface area contributed by atoms with Gasteiger partial charge in [0.1, 0.15) is 18.2 Å². The molecule has 5 nitrogen and oxygen atoms in total. The first kappa shape index (κ1) is 20.2. The number of Topliss-reactive ketones (excluding diaryl/α,β-unsaturated/α-hetero) is 1. The normalized spacial score (nSPS) is 17.1. The highest BCUT2D eigenvalue weighted by Crippen LogP contribution is 2.44. The van der Waals surface area contributed by atoms with Crippen LogP contribution in [0.15, 0.2) is 30.0 Å². The van der Waals surface area contributed by atoms with Crippen molar-refractivity contribution in [2.45, 2.75) is 19.9 Å². The number of carbonyl (C=O) groups is 1. The summed E-state index contributed by atoms with van der Waals surface area (Å²) in [5, 5.41) is 0.893. The van der Waals surface area contributed by atoms with E-state index in [0.717, 1.165) is 35.4 Å². The maximum atomic E-state index is 13.0. The molecule has 4 rings (SSSR count). The Hall–Kier alpha value is -2.05. The summed E-state index contributed by atoms with van der Waals surface area (Å²) in [5.74, 6) is 1.50. The molecule has 0 spiro atoms. The molecule has 0 aliphatic carbocycles. The first-order valence-corrected chi connectivity index (χ1v) is 10.1. The predicted octanol–water partition coefficient (Wildman–Crippen LogP) is 5.11. The number of ketones is 1. The van der Waals surface area contributed by atoms with Gasteiger partial charge in [-0.25, -0.2) is 0 Å². The molecule has 0 saturated carbocycles. The minimum atomic E-state index is -0.136. The number of benzene rings is 2. The summed E-state index contributed by atoms with van der Waals surface area (Å²) >= 11 is 12.1. The summed E-state index contributed by atoms with van der Waals surface area (Å²) in [7, 11) is 1.69. The van der Waals surface area contributed by atoms with E-state index < -0.39 is 0 Å². The minimum Gasteiger partial charge on any atom is -0.478 e. The summed E-state index contributed by atoms with van der Waals surface area (Å²) in [5.41, 5.74) is 3.09. The Labute approximate surface area is 179 Å². The summed E-state index contributed by atoms with van der Waals surface area (Å²) in [6.07, 6.45) is 2.60. The van der Waals surface area contributed by atoms with Crippen LogP contribution in [0.25, 0.3) is 6.08 Å². The van der Waals surface area contributed by atoms with E-state index in [0.29, 0.717) is 41.2 Å². The Bertz CT molecular complexity index is 1000. The molecule has 0 fully saturated rings. The van der Waals surface area contributed by atoms with Gasteiger partial charge >= 0.3 is 0 Å². The van der Waals surface area contributed by atoms with E-state index in [-0.39, 0.29) is 11.5 Å². The minimum absolute atomic E-state index is 0.136. The number of ether oxygens (including phenoxy) is 3. The summed E-state index contributed by atoms with van der Waals surface area (Å²) < 4.78 is 17.1. The molecule has 2 aromatic carbocycles. The van der Waals surface area contributed by atoms with Crippen molar-refractivity contribution in [3.05, 3.63) is 62.3 Å². The van der Waals surface area contributed by atoms with E-state index in [1.54, 1.807) is 31.4 Å². The van der Waals surface area contributed by atoms with Crippen LogP contribution >= 0.6 is 23.2 Å². The molecule has 0 atom stereocenters. The van der Waals surface area contributed by atoms with Crippen molar-refractivity contribution in [1.29, 1.82) is 0 Å². The highest BCUT2D eigenvalue weighted by molar-refractivity contribution is 6.42. The van der Waals surface area contributed by atoms with E-state index in [4.69, 9.17) is 37.4 Å². The lowest BCUT2D eigenvalue weighted by atomic mass is 9.98. The van der Waals surface area contributed by atoms with Crippen molar-refractivity contribution in [3.8, 4) is 11.5 Å². The van der Waals surface area contributed by atoms with Gasteiger partial charge in [0.2, 0.25) is 5.78 Å². The van der Waals surface area contributed by atoms with Gasteiger partial charge in [-0.1, -0.05) is 29.3 Å². The average Bonchev–Trinajstić information content (AvgIpc) is 3.02. The fourth-order valence-corrected chi connectivity index (χ4v) is 3.91. The van der Waals surface area contributed by atoms with Crippen LogP contribution in [-0.4, -0.2) is 37.7 Å². The third-order valence-corrected chi connectivity index (χ3v) is 5.79. The zero-order chi connectivity index (χ0) is 20.5. The molecular formula is C22H21Cl2NO4. The van der Waals surface area contributed by atoms with Crippen LogP contribution in [0, 0.1) is 6.92 Å². The number of carbonyl (C=O) groups excluding carboxylic acids is 1. The molecule has 152 valence electrons. The van der Waals surface area contributed by atoms with Crippen molar-refractivity contribution in [2.75, 3.05) is 27.0 Å². The zero-order valence-corrected chi connectivity index (χ0v) is 17.8. The standard InChI is InChI=1S/C22H21Cl2NO4/c1-13-8-18-15(11-25(12-28-18)6-3-7-27-2)22-20(13)21(26)19(29-22)10-14-4-5-16(23)17(24)9-14/h4-5,8-10H,3,6-7,11-12H2,1-2H3/b19-10-. The van der Waals surface area contributed by atoms with Crippen molar-refractivity contribution in [3.63, 3.8) is 0 Å². The molecule has 2 heterocycles. The van der Waals surface area contributed by atoms with Gasteiger partial charge in [0.15, 0.2) is 5.76 Å². The van der Waals surface area contributed by atoms with Gasteiger partial charge < -0.3 is 14.2 Å². The van der Waals surface area contributed by atoms with Crippen LogP contribution in [0.5, 0.6) is 11.5 Å². The Kier molecular flexibility index (Phi) is 5.83. The van der Waals surface area contributed by atoms with Crippen LogP contribution in [0.3, 0.4) is 0 Å². The van der Waals surface area contributed by atoms with Crippen molar-refractivity contribution in [2.24, 2.45) is 0 Å². The van der Waals surface area contributed by atoms with Gasteiger partial charge in [0.05, 0.1) is 21.2 Å². The third-order valence-electron chi connectivity index (χ3n) is 5.05. The van der Waals surface area contributed by atoms with Crippen LogP contribution in [0.2, 0.25) is 10.0 Å². The lowest BCUT2D eigenvalue weighted by Gasteiger charge is -2.30. The molecule has 2 aliphatic heterocycles. The maximum Gasteiger partial charge on any atom is 0.232 e. The van der Waals surface area contributed by atoms with Crippen molar-refractivity contribution < 1.29 is 19.0 Å². The van der Waals surface area contributed by atoms with Gasteiger partial charge in [-0.3, -0.25) is 9.69 Å². The predicted molar refractivity (Wildman–Crippen MR) is 113 cm³/mol. The second-order valence-corrected chi connectivity index (χ2v) is 7.97. The van der Waals surface area contributed by atoms with Crippen molar-refractivity contribution >= 4 is 35.1 Å². The van der Waals surface area contributed by atoms with Crippen LogP contribution in [-0.2, 0) is 11.3 Å². The molecule has 0 bridgehead atoms. The number of aryl methyl sites for hydroxylation is 1. The molecule has 2 aromatic rings. The molecular weight excluding hydrogens is 413 g/mol. The zero-order valence-electron chi connectivity index (χ0n) is 16.3. The lowest BCUT2D eigenvalue weighted by Crippen LogP contribution is -2.33.